The summed E-state index contributed by atoms with van der Waals surface area (Å²) in [6.45, 7) is 4.94. The smallest absolute Gasteiger partial charge is 0.266 e. The van der Waals surface area contributed by atoms with E-state index in [4.69, 9.17) is 11.0 Å². The van der Waals surface area contributed by atoms with Crippen molar-refractivity contribution < 1.29 is 4.79 Å². The molecule has 1 aliphatic rings. The van der Waals surface area contributed by atoms with E-state index >= 15 is 0 Å². The molecule has 1 aromatic heterocycles. The third kappa shape index (κ3) is 3.37. The molecule has 1 fully saturated rings. The number of hydrogen-bond acceptors (Lipinski definition) is 4. The summed E-state index contributed by atoms with van der Waals surface area (Å²) >= 11 is 0. The molecule has 1 atom stereocenters. The van der Waals surface area contributed by atoms with Crippen molar-refractivity contribution in [1.82, 2.24) is 9.88 Å². The topological polar surface area (TPSA) is 103 Å². The molecule has 3 N–H and O–H groups in total. The van der Waals surface area contributed by atoms with Crippen LogP contribution in [0, 0.1) is 25.2 Å². The van der Waals surface area contributed by atoms with Crippen molar-refractivity contribution in [2.45, 2.75) is 45.6 Å². The Morgan fingerprint density at radius 2 is 2.23 bits per heavy atom. The van der Waals surface area contributed by atoms with Gasteiger partial charge in [0.2, 0.25) is 5.91 Å². The Morgan fingerprint density at radius 3 is 2.86 bits per heavy atom. The van der Waals surface area contributed by atoms with E-state index in [1.54, 1.807) is 13.8 Å². The van der Waals surface area contributed by atoms with E-state index in [2.05, 4.69) is 4.98 Å². The van der Waals surface area contributed by atoms with Gasteiger partial charge in [-0.2, -0.15) is 5.26 Å². The second-order valence-electron chi connectivity index (χ2n) is 5.91. The zero-order valence-electron chi connectivity index (χ0n) is 13.1. The third-order valence-corrected chi connectivity index (χ3v) is 4.32. The van der Waals surface area contributed by atoms with Gasteiger partial charge in [-0.15, -0.1) is 0 Å². The van der Waals surface area contributed by atoms with Gasteiger partial charge in [-0.05, 0) is 44.2 Å². The van der Waals surface area contributed by atoms with Crippen LogP contribution in [0.15, 0.2) is 4.79 Å². The first-order chi connectivity index (χ1) is 10.4. The highest BCUT2D eigenvalue weighted by molar-refractivity contribution is 5.76. The molecule has 2 heterocycles. The van der Waals surface area contributed by atoms with Crippen LogP contribution < -0.4 is 11.3 Å². The monoisotopic (exact) mass is 302 g/mol. The van der Waals surface area contributed by atoms with Crippen molar-refractivity contribution in [3.05, 3.63) is 32.7 Å². The molecule has 22 heavy (non-hydrogen) atoms. The van der Waals surface area contributed by atoms with Crippen LogP contribution in [0.5, 0.6) is 0 Å². The standard InChI is InChI=1S/C16H22N4O2/c1-10-13(11(2)19-16(22)14(10)8-17)5-6-15(21)20-7-3-4-12(18)9-20/h12H,3-7,9,18H2,1-2H3,(H,19,22)/t12-/m1/s1. The van der Waals surface area contributed by atoms with Crippen molar-refractivity contribution in [2.75, 3.05) is 13.1 Å². The highest BCUT2D eigenvalue weighted by atomic mass is 16.2. The average Bonchev–Trinajstić information content (AvgIpc) is 2.46. The lowest BCUT2D eigenvalue weighted by molar-refractivity contribution is -0.132. The van der Waals surface area contributed by atoms with Gasteiger partial charge < -0.3 is 15.6 Å². The van der Waals surface area contributed by atoms with Gasteiger partial charge in [-0.3, -0.25) is 9.59 Å². The fourth-order valence-corrected chi connectivity index (χ4v) is 3.05. The van der Waals surface area contributed by atoms with E-state index in [1.165, 1.54) is 0 Å². The molecule has 0 aromatic carbocycles. The maximum absolute atomic E-state index is 12.3. The van der Waals surface area contributed by atoms with Crippen molar-refractivity contribution in [3.63, 3.8) is 0 Å². The molecule has 1 aromatic rings. The van der Waals surface area contributed by atoms with Gasteiger partial charge in [0.1, 0.15) is 11.6 Å². The number of carbonyl (C=O) groups excluding carboxylic acids is 1. The largest absolute Gasteiger partial charge is 0.341 e. The van der Waals surface area contributed by atoms with E-state index < -0.39 is 0 Å². The van der Waals surface area contributed by atoms with E-state index in [1.807, 2.05) is 11.0 Å². The number of aromatic nitrogens is 1. The number of nitriles is 1. The molecule has 1 saturated heterocycles. The van der Waals surface area contributed by atoms with Crippen LogP contribution in [0.2, 0.25) is 0 Å². The Kier molecular flexibility index (Phi) is 4.99. The molecule has 118 valence electrons. The van der Waals surface area contributed by atoms with Crippen molar-refractivity contribution in [3.8, 4) is 6.07 Å². The van der Waals surface area contributed by atoms with E-state index in [0.29, 0.717) is 24.9 Å². The maximum atomic E-state index is 12.3. The van der Waals surface area contributed by atoms with E-state index in [-0.39, 0.29) is 23.1 Å². The average molecular weight is 302 g/mol. The molecule has 1 aliphatic heterocycles. The number of nitrogens with two attached hydrogens (primary N) is 1. The van der Waals surface area contributed by atoms with Crippen LogP contribution in [0.3, 0.4) is 0 Å². The van der Waals surface area contributed by atoms with Gasteiger partial charge in [-0.1, -0.05) is 0 Å². The Morgan fingerprint density at radius 1 is 1.50 bits per heavy atom. The van der Waals surface area contributed by atoms with Gasteiger partial charge in [-0.25, -0.2) is 0 Å². The summed E-state index contributed by atoms with van der Waals surface area (Å²) in [7, 11) is 0. The molecule has 0 saturated carbocycles. The van der Waals surface area contributed by atoms with Crippen LogP contribution in [-0.2, 0) is 11.2 Å². The Balaban J connectivity index is 2.10. The minimum absolute atomic E-state index is 0.0689. The lowest BCUT2D eigenvalue weighted by Gasteiger charge is -2.31. The zero-order valence-corrected chi connectivity index (χ0v) is 13.1. The summed E-state index contributed by atoms with van der Waals surface area (Å²) in [4.78, 5) is 28.5. The molecule has 0 radical (unpaired) electrons. The number of pyridine rings is 1. The van der Waals surface area contributed by atoms with Crippen LogP contribution in [-0.4, -0.2) is 34.9 Å². The number of likely N-dealkylation sites (tertiary alicyclic amines) is 1. The summed E-state index contributed by atoms with van der Waals surface area (Å²) in [5, 5.41) is 9.07. The number of amides is 1. The third-order valence-electron chi connectivity index (χ3n) is 4.32. The van der Waals surface area contributed by atoms with Crippen molar-refractivity contribution in [2.24, 2.45) is 5.73 Å². The van der Waals surface area contributed by atoms with Crippen molar-refractivity contribution >= 4 is 5.91 Å². The summed E-state index contributed by atoms with van der Waals surface area (Å²) in [5.41, 5.74) is 7.95. The molecular formula is C16H22N4O2. The second-order valence-corrected chi connectivity index (χ2v) is 5.91. The summed E-state index contributed by atoms with van der Waals surface area (Å²) < 4.78 is 0. The first-order valence-corrected chi connectivity index (χ1v) is 7.59. The highest BCUT2D eigenvalue weighted by Crippen LogP contribution is 2.16. The highest BCUT2D eigenvalue weighted by Gasteiger charge is 2.21. The summed E-state index contributed by atoms with van der Waals surface area (Å²) in [6.07, 6.45) is 2.80. The number of hydrogen-bond donors (Lipinski definition) is 2. The summed E-state index contributed by atoms with van der Waals surface area (Å²) in [5.74, 6) is 0.0821. The number of aromatic amines is 1. The lowest BCUT2D eigenvalue weighted by atomic mass is 9.98. The molecule has 6 heteroatoms. The maximum Gasteiger partial charge on any atom is 0.266 e. The van der Waals surface area contributed by atoms with Gasteiger partial charge in [0.05, 0.1) is 0 Å². The zero-order chi connectivity index (χ0) is 16.3. The number of rotatable bonds is 3. The van der Waals surface area contributed by atoms with Crippen LogP contribution in [0.25, 0.3) is 0 Å². The molecule has 0 unspecified atom stereocenters. The molecule has 6 nitrogen and oxygen atoms in total. The predicted octanol–water partition coefficient (Wildman–Crippen LogP) is 0.746. The quantitative estimate of drug-likeness (QED) is 0.859. The van der Waals surface area contributed by atoms with Crippen LogP contribution in [0.1, 0.15) is 41.6 Å². The number of H-pyrrole nitrogens is 1. The number of carbonyl (C=O) groups is 1. The number of nitrogens with one attached hydrogen (secondary N) is 1. The van der Waals surface area contributed by atoms with Gasteiger partial charge in [0.25, 0.3) is 5.56 Å². The predicted molar refractivity (Wildman–Crippen MR) is 83.4 cm³/mol. The Hall–Kier alpha value is -2.13. The van der Waals surface area contributed by atoms with Gasteiger partial charge in [0.15, 0.2) is 0 Å². The minimum atomic E-state index is -0.366. The van der Waals surface area contributed by atoms with Gasteiger partial charge in [0, 0.05) is 31.2 Å². The van der Waals surface area contributed by atoms with Crippen molar-refractivity contribution in [1.29, 1.82) is 5.26 Å². The molecule has 0 bridgehead atoms. The molecule has 0 spiro atoms. The number of aryl methyl sites for hydroxylation is 1. The summed E-state index contributed by atoms with van der Waals surface area (Å²) in [6, 6.07) is 2.00. The second kappa shape index (κ2) is 6.75. The number of nitrogens with zero attached hydrogens (tertiary/aromatic N) is 2. The Bertz CT molecular complexity index is 672. The van der Waals surface area contributed by atoms with Crippen LogP contribution in [0.4, 0.5) is 0 Å². The minimum Gasteiger partial charge on any atom is -0.341 e. The fraction of sp³-hybridized carbons (Fsp3) is 0.562. The first kappa shape index (κ1) is 16.2. The van der Waals surface area contributed by atoms with Crippen LogP contribution >= 0.6 is 0 Å². The number of piperidine rings is 1. The van der Waals surface area contributed by atoms with E-state index in [0.717, 1.165) is 30.6 Å². The molecular weight excluding hydrogens is 280 g/mol. The van der Waals surface area contributed by atoms with E-state index in [9.17, 15) is 9.59 Å². The molecule has 2 rings (SSSR count). The lowest BCUT2D eigenvalue weighted by Crippen LogP contribution is -2.45. The Labute approximate surface area is 129 Å². The fourth-order valence-electron chi connectivity index (χ4n) is 3.05. The normalized spacial score (nSPS) is 18.1. The molecule has 1 amide bonds. The SMILES string of the molecule is Cc1[nH]c(=O)c(C#N)c(C)c1CCC(=O)N1CCC[C@@H](N)C1. The van der Waals surface area contributed by atoms with Gasteiger partial charge >= 0.3 is 0 Å². The first-order valence-electron chi connectivity index (χ1n) is 7.59. The molecule has 0 aliphatic carbocycles.